The van der Waals surface area contributed by atoms with Crippen molar-refractivity contribution in [2.45, 2.75) is 0 Å². The summed E-state index contributed by atoms with van der Waals surface area (Å²) in [5, 5.41) is 5.60. The Morgan fingerprint density at radius 3 is 3.00 bits per heavy atom. The Kier molecular flexibility index (Phi) is 2.04. The van der Waals surface area contributed by atoms with Gasteiger partial charge in [0.15, 0.2) is 0 Å². The zero-order valence-electron chi connectivity index (χ0n) is 5.07. The molecule has 0 spiro atoms. The molecule has 0 aromatic carbocycles. The molecule has 3 heteroatoms. The number of hydrazone groups is 1. The van der Waals surface area contributed by atoms with Crippen LogP contribution in [0.3, 0.4) is 0 Å². The first-order valence-corrected chi connectivity index (χ1v) is 2.77. The third kappa shape index (κ3) is 1.70. The average Bonchev–Trinajstić information content (AvgIpc) is 2.13. The monoisotopic (exact) mass is 123 g/mol. The number of allylic oxidation sites excluding steroid dienone is 3. The van der Waals surface area contributed by atoms with Gasteiger partial charge in [0, 0.05) is 12.4 Å². The molecule has 0 aromatic heterocycles. The second-order valence-electron chi connectivity index (χ2n) is 1.61. The van der Waals surface area contributed by atoms with Gasteiger partial charge >= 0.3 is 0 Å². The summed E-state index contributed by atoms with van der Waals surface area (Å²) >= 11 is 0. The van der Waals surface area contributed by atoms with E-state index in [1.807, 2.05) is 24.4 Å². The van der Waals surface area contributed by atoms with Gasteiger partial charge in [-0.15, -0.1) is 0 Å². The van der Waals surface area contributed by atoms with E-state index in [0.717, 1.165) is 0 Å². The first-order valence-electron chi connectivity index (χ1n) is 2.77. The van der Waals surface area contributed by atoms with E-state index in [-0.39, 0.29) is 0 Å². The van der Waals surface area contributed by atoms with E-state index in [0.29, 0.717) is 6.67 Å². The molecular weight excluding hydrogens is 114 g/mol. The number of nitrogens with zero attached hydrogens (tertiary/aromatic N) is 2. The zero-order chi connectivity index (χ0) is 6.53. The van der Waals surface area contributed by atoms with Gasteiger partial charge in [-0.2, -0.15) is 5.10 Å². The van der Waals surface area contributed by atoms with Gasteiger partial charge in [-0.3, -0.25) is 5.01 Å². The highest BCUT2D eigenvalue weighted by molar-refractivity contribution is 5.71. The van der Waals surface area contributed by atoms with Crippen LogP contribution in [-0.2, 0) is 0 Å². The van der Waals surface area contributed by atoms with E-state index in [1.165, 1.54) is 0 Å². The Bertz CT molecular complexity index is 142. The summed E-state index contributed by atoms with van der Waals surface area (Å²) in [4.78, 5) is 0. The summed E-state index contributed by atoms with van der Waals surface area (Å²) in [7, 11) is 0. The van der Waals surface area contributed by atoms with Gasteiger partial charge in [0.1, 0.15) is 0 Å². The molecule has 0 bridgehead atoms. The van der Waals surface area contributed by atoms with Crippen molar-refractivity contribution in [3.8, 4) is 0 Å². The van der Waals surface area contributed by atoms with Gasteiger partial charge < -0.3 is 5.73 Å². The van der Waals surface area contributed by atoms with Crippen LogP contribution >= 0.6 is 0 Å². The van der Waals surface area contributed by atoms with Crippen molar-refractivity contribution in [3.63, 3.8) is 0 Å². The highest BCUT2D eigenvalue weighted by Gasteiger charge is 1.87. The van der Waals surface area contributed by atoms with Gasteiger partial charge in [-0.1, -0.05) is 6.08 Å². The first-order chi connectivity index (χ1) is 4.43. The van der Waals surface area contributed by atoms with Crippen molar-refractivity contribution < 1.29 is 0 Å². The third-order valence-electron chi connectivity index (χ3n) is 0.968. The first kappa shape index (κ1) is 6.04. The number of nitrogens with two attached hydrogens (primary N) is 1. The smallest absolute Gasteiger partial charge is 0.0878 e. The summed E-state index contributed by atoms with van der Waals surface area (Å²) in [5.74, 6) is 0. The van der Waals surface area contributed by atoms with Crippen LogP contribution in [0.4, 0.5) is 0 Å². The molecule has 0 radical (unpaired) electrons. The molecule has 0 fully saturated rings. The van der Waals surface area contributed by atoms with Crippen molar-refractivity contribution in [2.75, 3.05) is 6.67 Å². The maximum Gasteiger partial charge on any atom is 0.0878 e. The van der Waals surface area contributed by atoms with Gasteiger partial charge in [-0.05, 0) is 12.2 Å². The fourth-order valence-electron chi connectivity index (χ4n) is 0.533. The molecule has 1 rings (SSSR count). The minimum absolute atomic E-state index is 0.425. The van der Waals surface area contributed by atoms with Crippen LogP contribution in [0.5, 0.6) is 0 Å². The van der Waals surface area contributed by atoms with Crippen LogP contribution in [0.15, 0.2) is 29.5 Å². The van der Waals surface area contributed by atoms with Crippen LogP contribution in [0, 0.1) is 0 Å². The van der Waals surface area contributed by atoms with Crippen LogP contribution in [0.2, 0.25) is 0 Å². The molecule has 9 heavy (non-hydrogen) atoms. The van der Waals surface area contributed by atoms with Crippen LogP contribution < -0.4 is 5.73 Å². The summed E-state index contributed by atoms with van der Waals surface area (Å²) in [5.41, 5.74) is 5.31. The normalized spacial score (nSPS) is 16.3. The van der Waals surface area contributed by atoms with E-state index in [1.54, 1.807) is 11.2 Å². The predicted octanol–water partition coefficient (Wildman–Crippen LogP) is 0.274. The topological polar surface area (TPSA) is 41.6 Å². The Balaban J connectivity index is 2.58. The van der Waals surface area contributed by atoms with Gasteiger partial charge in [-0.25, -0.2) is 0 Å². The molecule has 0 saturated heterocycles. The van der Waals surface area contributed by atoms with Crippen LogP contribution in [-0.4, -0.2) is 17.9 Å². The summed E-state index contributed by atoms with van der Waals surface area (Å²) in [6.45, 7) is 0.425. The lowest BCUT2D eigenvalue weighted by atomic mass is 10.5. The second-order valence-corrected chi connectivity index (χ2v) is 1.61. The molecule has 1 heterocycles. The highest BCUT2D eigenvalue weighted by Crippen LogP contribution is 1.90. The molecular formula is C6H9N3. The maximum atomic E-state index is 5.31. The van der Waals surface area contributed by atoms with Crippen molar-refractivity contribution >= 4 is 6.21 Å². The van der Waals surface area contributed by atoms with Crippen LogP contribution in [0.1, 0.15) is 0 Å². The number of hydrogen-bond donors (Lipinski definition) is 1. The Hall–Kier alpha value is -1.09. The lowest BCUT2D eigenvalue weighted by molar-refractivity contribution is 0.415. The molecule has 0 aliphatic carbocycles. The number of rotatable bonds is 1. The second kappa shape index (κ2) is 3.04. The van der Waals surface area contributed by atoms with E-state index in [2.05, 4.69) is 5.10 Å². The molecule has 3 nitrogen and oxygen atoms in total. The van der Waals surface area contributed by atoms with E-state index < -0.39 is 0 Å². The highest BCUT2D eigenvalue weighted by atomic mass is 15.5. The van der Waals surface area contributed by atoms with Gasteiger partial charge in [0.2, 0.25) is 0 Å². The molecule has 0 atom stereocenters. The van der Waals surface area contributed by atoms with Gasteiger partial charge in [0.05, 0.1) is 6.67 Å². The summed E-state index contributed by atoms with van der Waals surface area (Å²) in [6.07, 6.45) is 9.16. The molecule has 1 aliphatic rings. The molecule has 0 aromatic rings. The fourth-order valence-corrected chi connectivity index (χ4v) is 0.533. The lowest BCUT2D eigenvalue weighted by Crippen LogP contribution is -2.18. The molecule has 0 unspecified atom stereocenters. The third-order valence-corrected chi connectivity index (χ3v) is 0.968. The minimum Gasteiger partial charge on any atom is -0.312 e. The van der Waals surface area contributed by atoms with Crippen LogP contribution in [0.25, 0.3) is 0 Å². The van der Waals surface area contributed by atoms with E-state index >= 15 is 0 Å². The predicted molar refractivity (Wildman–Crippen MR) is 37.7 cm³/mol. The number of hydrogen-bond acceptors (Lipinski definition) is 3. The Morgan fingerprint density at radius 2 is 2.22 bits per heavy atom. The van der Waals surface area contributed by atoms with E-state index in [4.69, 9.17) is 5.73 Å². The Labute approximate surface area is 54.1 Å². The summed E-state index contributed by atoms with van der Waals surface area (Å²) < 4.78 is 0. The van der Waals surface area contributed by atoms with Crippen molar-refractivity contribution in [2.24, 2.45) is 10.8 Å². The molecule has 2 N–H and O–H groups in total. The van der Waals surface area contributed by atoms with Crippen molar-refractivity contribution in [3.05, 3.63) is 24.4 Å². The zero-order valence-corrected chi connectivity index (χ0v) is 5.07. The minimum atomic E-state index is 0.425. The largest absolute Gasteiger partial charge is 0.312 e. The van der Waals surface area contributed by atoms with E-state index in [9.17, 15) is 0 Å². The van der Waals surface area contributed by atoms with Crippen molar-refractivity contribution in [1.82, 2.24) is 5.01 Å². The quantitative estimate of drug-likeness (QED) is 0.544. The maximum absolute atomic E-state index is 5.31. The molecule has 0 amide bonds. The standard InChI is InChI=1S/C6H9N3/c7-6-9-5-3-1-2-4-8-9/h1-5H,6-7H2. The summed E-state index contributed by atoms with van der Waals surface area (Å²) in [6, 6.07) is 0. The fraction of sp³-hybridized carbons (Fsp3) is 0.167. The lowest BCUT2D eigenvalue weighted by Gasteiger charge is -2.07. The SMILES string of the molecule is NCN1C=CC=CC=N1. The average molecular weight is 123 g/mol. The molecule has 0 saturated carbocycles. The van der Waals surface area contributed by atoms with Crippen molar-refractivity contribution in [1.29, 1.82) is 0 Å². The molecule has 48 valence electrons. The molecule has 1 aliphatic heterocycles. The Morgan fingerprint density at radius 1 is 1.33 bits per heavy atom. The van der Waals surface area contributed by atoms with Gasteiger partial charge in [0.25, 0.3) is 0 Å².